The maximum Gasteiger partial charge on any atom is 0.0674 e. The van der Waals surface area contributed by atoms with Gasteiger partial charge in [0.25, 0.3) is 0 Å². The molecule has 0 aromatic rings. The Morgan fingerprint density at radius 3 is 2.67 bits per heavy atom. The van der Waals surface area contributed by atoms with Gasteiger partial charge in [-0.2, -0.15) is 12.6 Å². The third-order valence-electron chi connectivity index (χ3n) is 2.55. The maximum atomic E-state index is 5.47. The lowest BCUT2D eigenvalue weighted by molar-refractivity contribution is -0.0309. The Balaban J connectivity index is 2.40. The van der Waals surface area contributed by atoms with Gasteiger partial charge in [-0.15, -0.1) is 0 Å². The van der Waals surface area contributed by atoms with Crippen molar-refractivity contribution in [2.45, 2.75) is 38.2 Å². The van der Waals surface area contributed by atoms with Crippen LogP contribution in [0.3, 0.4) is 0 Å². The average molecular weight is 189 g/mol. The molecule has 1 heterocycles. The summed E-state index contributed by atoms with van der Waals surface area (Å²) in [6.07, 6.45) is 0.383. The Morgan fingerprint density at radius 1 is 1.50 bits per heavy atom. The lowest BCUT2D eigenvalue weighted by atomic mass is 10.2. The average Bonchev–Trinajstić information content (AvgIpc) is 2.03. The molecule has 12 heavy (non-hydrogen) atoms. The van der Waals surface area contributed by atoms with Crippen LogP contribution in [-0.2, 0) is 4.74 Å². The fourth-order valence-corrected chi connectivity index (χ4v) is 1.71. The van der Waals surface area contributed by atoms with Crippen LogP contribution in [0.1, 0.15) is 20.8 Å². The second-order valence-electron chi connectivity index (χ2n) is 3.66. The first-order chi connectivity index (χ1) is 5.61. The van der Waals surface area contributed by atoms with Crippen LogP contribution in [0.15, 0.2) is 0 Å². The van der Waals surface area contributed by atoms with E-state index < -0.39 is 0 Å². The summed E-state index contributed by atoms with van der Waals surface area (Å²) >= 11 is 4.45. The predicted molar refractivity (Wildman–Crippen MR) is 54.9 cm³/mol. The van der Waals surface area contributed by atoms with Crippen LogP contribution in [0.2, 0.25) is 0 Å². The number of hydrogen-bond acceptors (Lipinski definition) is 3. The van der Waals surface area contributed by atoms with E-state index in [9.17, 15) is 0 Å². The second-order valence-corrected chi connectivity index (χ2v) is 4.47. The molecule has 1 unspecified atom stereocenters. The molecule has 1 aliphatic rings. The topological polar surface area (TPSA) is 12.5 Å². The zero-order valence-electron chi connectivity index (χ0n) is 8.16. The van der Waals surface area contributed by atoms with E-state index in [0.29, 0.717) is 17.4 Å². The van der Waals surface area contributed by atoms with E-state index in [1.165, 1.54) is 0 Å². The second kappa shape index (κ2) is 4.49. The molecule has 1 saturated heterocycles. The third kappa shape index (κ3) is 2.64. The maximum absolute atomic E-state index is 5.47. The molecular weight excluding hydrogens is 170 g/mol. The molecule has 1 rings (SSSR count). The number of morpholine rings is 1. The molecule has 0 N–H and O–H groups in total. The van der Waals surface area contributed by atoms with Gasteiger partial charge in [-0.25, -0.2) is 0 Å². The number of rotatable bonds is 2. The molecule has 0 bridgehead atoms. The van der Waals surface area contributed by atoms with Gasteiger partial charge >= 0.3 is 0 Å². The number of ether oxygens (including phenoxy) is 1. The van der Waals surface area contributed by atoms with Gasteiger partial charge in [-0.1, -0.05) is 6.92 Å². The van der Waals surface area contributed by atoms with Gasteiger partial charge in [0, 0.05) is 24.4 Å². The monoisotopic (exact) mass is 189 g/mol. The molecule has 0 radical (unpaired) electrons. The zero-order valence-corrected chi connectivity index (χ0v) is 9.05. The first kappa shape index (κ1) is 10.4. The summed E-state index contributed by atoms with van der Waals surface area (Å²) in [5, 5.41) is 0.440. The minimum absolute atomic E-state index is 0.383. The van der Waals surface area contributed by atoms with Crippen LogP contribution in [0.4, 0.5) is 0 Å². The third-order valence-corrected chi connectivity index (χ3v) is 2.98. The van der Waals surface area contributed by atoms with Crippen LogP contribution in [0, 0.1) is 0 Å². The molecule has 0 aromatic heterocycles. The summed E-state index contributed by atoms with van der Waals surface area (Å²) in [5.74, 6) is 0. The predicted octanol–water partition coefficient (Wildman–Crippen LogP) is 1.41. The summed E-state index contributed by atoms with van der Waals surface area (Å²) in [5.41, 5.74) is 0. The number of nitrogens with zero attached hydrogens (tertiary/aromatic N) is 1. The van der Waals surface area contributed by atoms with E-state index in [4.69, 9.17) is 4.74 Å². The lowest BCUT2D eigenvalue weighted by Gasteiger charge is -2.37. The van der Waals surface area contributed by atoms with Gasteiger partial charge in [0.05, 0.1) is 12.7 Å². The molecular formula is C9H19NOS. The molecule has 0 aromatic carbocycles. The number of thiol groups is 1. The van der Waals surface area contributed by atoms with Crippen LogP contribution in [0.5, 0.6) is 0 Å². The quantitative estimate of drug-likeness (QED) is 0.660. The van der Waals surface area contributed by atoms with E-state index in [1.54, 1.807) is 0 Å². The van der Waals surface area contributed by atoms with Crippen LogP contribution >= 0.6 is 12.6 Å². The Bertz CT molecular complexity index is 140. The van der Waals surface area contributed by atoms with Crippen molar-refractivity contribution in [3.05, 3.63) is 0 Å². The molecule has 0 spiro atoms. The van der Waals surface area contributed by atoms with Gasteiger partial charge in [-0.3, -0.25) is 4.90 Å². The van der Waals surface area contributed by atoms with Crippen LogP contribution in [0.25, 0.3) is 0 Å². The Morgan fingerprint density at radius 2 is 2.17 bits per heavy atom. The van der Waals surface area contributed by atoms with E-state index >= 15 is 0 Å². The van der Waals surface area contributed by atoms with E-state index in [1.807, 2.05) is 0 Å². The zero-order chi connectivity index (χ0) is 9.14. The first-order valence-electron chi connectivity index (χ1n) is 4.65. The molecule has 72 valence electrons. The molecule has 2 nitrogen and oxygen atoms in total. The van der Waals surface area contributed by atoms with Crippen molar-refractivity contribution in [2.24, 2.45) is 0 Å². The molecule has 1 fully saturated rings. The molecule has 0 aliphatic carbocycles. The van der Waals surface area contributed by atoms with Gasteiger partial charge in [0.2, 0.25) is 0 Å². The SMILES string of the molecule is CC(S)[C@H](C)N1CCO[C@@H](C)C1. The van der Waals surface area contributed by atoms with E-state index in [-0.39, 0.29) is 0 Å². The minimum atomic E-state index is 0.383. The standard InChI is InChI=1S/C9H19NOS/c1-7-6-10(4-5-11-7)8(2)9(3)12/h7-9,12H,4-6H2,1-3H3/t7-,8-,9?/m0/s1. The molecule has 3 heteroatoms. The Kier molecular flexibility index (Phi) is 3.87. The summed E-state index contributed by atoms with van der Waals surface area (Å²) in [6, 6.07) is 0.555. The molecule has 3 atom stereocenters. The normalized spacial score (nSPS) is 31.5. The molecule has 0 saturated carbocycles. The van der Waals surface area contributed by atoms with Crippen molar-refractivity contribution in [3.8, 4) is 0 Å². The minimum Gasteiger partial charge on any atom is -0.376 e. The first-order valence-corrected chi connectivity index (χ1v) is 5.16. The van der Waals surface area contributed by atoms with E-state index in [0.717, 1.165) is 19.7 Å². The number of hydrogen-bond donors (Lipinski definition) is 1. The Labute approximate surface area is 80.7 Å². The lowest BCUT2D eigenvalue weighted by Crippen LogP contribution is -2.48. The smallest absolute Gasteiger partial charge is 0.0674 e. The van der Waals surface area contributed by atoms with Crippen molar-refractivity contribution in [1.29, 1.82) is 0 Å². The van der Waals surface area contributed by atoms with Crippen LogP contribution < -0.4 is 0 Å². The highest BCUT2D eigenvalue weighted by Gasteiger charge is 2.23. The van der Waals surface area contributed by atoms with Crippen molar-refractivity contribution in [2.75, 3.05) is 19.7 Å². The van der Waals surface area contributed by atoms with Gasteiger partial charge < -0.3 is 4.74 Å². The van der Waals surface area contributed by atoms with Crippen molar-refractivity contribution in [3.63, 3.8) is 0 Å². The fourth-order valence-electron chi connectivity index (χ4n) is 1.52. The summed E-state index contributed by atoms with van der Waals surface area (Å²) in [4.78, 5) is 2.45. The largest absolute Gasteiger partial charge is 0.376 e. The van der Waals surface area contributed by atoms with Gasteiger partial charge in [0.15, 0.2) is 0 Å². The highest BCUT2D eigenvalue weighted by molar-refractivity contribution is 7.81. The summed E-state index contributed by atoms with van der Waals surface area (Å²) in [6.45, 7) is 9.47. The highest BCUT2D eigenvalue weighted by Crippen LogP contribution is 2.13. The Hall–Kier alpha value is 0.270. The highest BCUT2D eigenvalue weighted by atomic mass is 32.1. The van der Waals surface area contributed by atoms with E-state index in [2.05, 4.69) is 38.3 Å². The summed E-state index contributed by atoms with van der Waals surface area (Å²) < 4.78 is 5.47. The van der Waals surface area contributed by atoms with Crippen molar-refractivity contribution in [1.82, 2.24) is 4.90 Å². The van der Waals surface area contributed by atoms with Crippen LogP contribution in [-0.4, -0.2) is 42.0 Å². The fraction of sp³-hybridized carbons (Fsp3) is 1.00. The van der Waals surface area contributed by atoms with Gasteiger partial charge in [0.1, 0.15) is 0 Å². The summed E-state index contributed by atoms with van der Waals surface area (Å²) in [7, 11) is 0. The van der Waals surface area contributed by atoms with Crippen molar-refractivity contribution < 1.29 is 4.74 Å². The molecule has 1 aliphatic heterocycles. The van der Waals surface area contributed by atoms with Crippen molar-refractivity contribution >= 4 is 12.6 Å². The van der Waals surface area contributed by atoms with Gasteiger partial charge in [-0.05, 0) is 13.8 Å². The molecule has 0 amide bonds.